The van der Waals surface area contributed by atoms with E-state index in [1.807, 2.05) is 26.0 Å². The molecule has 108 valence electrons. The van der Waals surface area contributed by atoms with Crippen LogP contribution in [-0.2, 0) is 0 Å². The molecule has 0 aliphatic rings. The maximum Gasteiger partial charge on any atom is 0.344 e. The third-order valence-electron chi connectivity index (χ3n) is 3.56. The number of rotatable bonds is 3. The number of halogens is 1. The average Bonchev–Trinajstić information content (AvgIpc) is 2.47. The fraction of sp³-hybridized carbons (Fsp3) is 0.235. The fourth-order valence-electron chi connectivity index (χ4n) is 2.27. The Labute approximate surface area is 120 Å². The Morgan fingerprint density at radius 3 is 2.67 bits per heavy atom. The third kappa shape index (κ3) is 2.49. The third-order valence-corrected chi connectivity index (χ3v) is 3.56. The van der Waals surface area contributed by atoms with E-state index in [4.69, 9.17) is 9.15 Å². The molecule has 0 aliphatic carbocycles. The molecule has 0 radical (unpaired) electrons. The van der Waals surface area contributed by atoms with Gasteiger partial charge < -0.3 is 9.15 Å². The second kappa shape index (κ2) is 5.20. The minimum atomic E-state index is -0.544. The molecule has 1 unspecified atom stereocenters. The van der Waals surface area contributed by atoms with Crippen LogP contribution < -0.4 is 10.4 Å². The Balaban J connectivity index is 2.21. The molecule has 0 bridgehead atoms. The second-order valence-electron chi connectivity index (χ2n) is 5.07. The highest BCUT2D eigenvalue weighted by molar-refractivity contribution is 6.04. The van der Waals surface area contributed by atoms with Gasteiger partial charge in [0.15, 0.2) is 0 Å². The zero-order valence-electron chi connectivity index (χ0n) is 11.9. The molecule has 0 saturated carbocycles. The molecule has 0 amide bonds. The highest BCUT2D eigenvalue weighted by atomic mass is 19.1. The molecule has 21 heavy (non-hydrogen) atoms. The van der Waals surface area contributed by atoms with Gasteiger partial charge in [-0.1, -0.05) is 13.0 Å². The molecular formula is C17H15FO3. The summed E-state index contributed by atoms with van der Waals surface area (Å²) in [5.74, 6) is 0.201. The van der Waals surface area contributed by atoms with E-state index >= 15 is 0 Å². The van der Waals surface area contributed by atoms with Crippen LogP contribution in [0.2, 0.25) is 0 Å². The molecule has 3 aromatic rings. The normalized spacial score (nSPS) is 12.7. The van der Waals surface area contributed by atoms with Crippen molar-refractivity contribution in [2.75, 3.05) is 0 Å². The van der Waals surface area contributed by atoms with Gasteiger partial charge in [0.2, 0.25) is 0 Å². The lowest BCUT2D eigenvalue weighted by Gasteiger charge is -2.13. The van der Waals surface area contributed by atoms with E-state index in [1.54, 1.807) is 12.1 Å². The molecule has 0 fully saturated rings. The molecule has 2 aromatic carbocycles. The minimum Gasteiger partial charge on any atom is -0.491 e. The Morgan fingerprint density at radius 2 is 1.90 bits per heavy atom. The Bertz CT molecular complexity index is 867. The van der Waals surface area contributed by atoms with Gasteiger partial charge in [-0.2, -0.15) is 0 Å². The van der Waals surface area contributed by atoms with Crippen molar-refractivity contribution in [2.24, 2.45) is 0 Å². The first-order chi connectivity index (χ1) is 10.1. The van der Waals surface area contributed by atoms with Crippen LogP contribution in [0, 0.1) is 5.82 Å². The molecule has 0 aliphatic heterocycles. The topological polar surface area (TPSA) is 39.4 Å². The number of fused-ring (bicyclic) bond motifs is 3. The van der Waals surface area contributed by atoms with Crippen LogP contribution in [0.25, 0.3) is 21.7 Å². The zero-order chi connectivity index (χ0) is 15.0. The molecule has 0 saturated heterocycles. The summed E-state index contributed by atoms with van der Waals surface area (Å²) in [4.78, 5) is 12.0. The van der Waals surface area contributed by atoms with Gasteiger partial charge in [0.1, 0.15) is 17.1 Å². The van der Waals surface area contributed by atoms with Gasteiger partial charge in [-0.05, 0) is 37.6 Å². The Kier molecular flexibility index (Phi) is 3.37. The van der Waals surface area contributed by atoms with Gasteiger partial charge in [-0.3, -0.25) is 0 Å². The van der Waals surface area contributed by atoms with Crippen molar-refractivity contribution in [1.29, 1.82) is 0 Å². The van der Waals surface area contributed by atoms with Crippen LogP contribution in [0.4, 0.5) is 4.39 Å². The smallest absolute Gasteiger partial charge is 0.344 e. The molecule has 1 heterocycles. The van der Waals surface area contributed by atoms with Crippen molar-refractivity contribution in [3.8, 4) is 5.75 Å². The summed E-state index contributed by atoms with van der Waals surface area (Å²) in [6, 6.07) is 9.49. The van der Waals surface area contributed by atoms with Crippen LogP contribution in [0.3, 0.4) is 0 Å². The SMILES string of the molecule is CCC(C)Oc1ccc2c(c1)oc(=O)c1cc(F)ccc12. The van der Waals surface area contributed by atoms with Gasteiger partial charge in [0.25, 0.3) is 0 Å². The Morgan fingerprint density at radius 1 is 1.14 bits per heavy atom. The average molecular weight is 286 g/mol. The molecular weight excluding hydrogens is 271 g/mol. The molecule has 3 nitrogen and oxygen atoms in total. The van der Waals surface area contributed by atoms with Crippen molar-refractivity contribution >= 4 is 21.7 Å². The quantitative estimate of drug-likeness (QED) is 0.533. The van der Waals surface area contributed by atoms with E-state index in [1.165, 1.54) is 12.1 Å². The van der Waals surface area contributed by atoms with E-state index in [2.05, 4.69) is 0 Å². The van der Waals surface area contributed by atoms with Crippen molar-refractivity contribution in [3.63, 3.8) is 0 Å². The van der Waals surface area contributed by atoms with Crippen molar-refractivity contribution in [3.05, 3.63) is 52.6 Å². The largest absolute Gasteiger partial charge is 0.491 e. The summed E-state index contributed by atoms with van der Waals surface area (Å²) in [6.07, 6.45) is 0.975. The van der Waals surface area contributed by atoms with E-state index in [-0.39, 0.29) is 11.5 Å². The predicted molar refractivity (Wildman–Crippen MR) is 80.3 cm³/mol. The number of hydrogen-bond donors (Lipinski definition) is 0. The predicted octanol–water partition coefficient (Wildman–Crippen LogP) is 4.26. The second-order valence-corrected chi connectivity index (χ2v) is 5.07. The van der Waals surface area contributed by atoms with Gasteiger partial charge in [0.05, 0.1) is 11.5 Å². The van der Waals surface area contributed by atoms with Crippen LogP contribution in [0.15, 0.2) is 45.6 Å². The summed E-state index contributed by atoms with van der Waals surface area (Å²) in [7, 11) is 0. The van der Waals surface area contributed by atoms with Gasteiger partial charge >= 0.3 is 5.63 Å². The van der Waals surface area contributed by atoms with Crippen LogP contribution >= 0.6 is 0 Å². The monoisotopic (exact) mass is 286 g/mol. The fourth-order valence-corrected chi connectivity index (χ4v) is 2.27. The summed E-state index contributed by atoms with van der Waals surface area (Å²) < 4.78 is 24.3. The first kappa shape index (κ1) is 13.6. The first-order valence-corrected chi connectivity index (χ1v) is 6.91. The van der Waals surface area contributed by atoms with Gasteiger partial charge in [-0.25, -0.2) is 9.18 Å². The highest BCUT2D eigenvalue weighted by Gasteiger charge is 2.10. The van der Waals surface area contributed by atoms with Gasteiger partial charge in [0, 0.05) is 16.8 Å². The lowest BCUT2D eigenvalue weighted by Crippen LogP contribution is -2.09. The molecule has 3 rings (SSSR count). The molecule has 0 spiro atoms. The first-order valence-electron chi connectivity index (χ1n) is 6.91. The van der Waals surface area contributed by atoms with Crippen LogP contribution in [-0.4, -0.2) is 6.10 Å². The number of benzene rings is 2. The van der Waals surface area contributed by atoms with Crippen molar-refractivity contribution in [1.82, 2.24) is 0 Å². The maximum atomic E-state index is 13.3. The molecule has 4 heteroatoms. The summed E-state index contributed by atoms with van der Waals surface area (Å²) >= 11 is 0. The Hall–Kier alpha value is -2.36. The van der Waals surface area contributed by atoms with Crippen molar-refractivity contribution in [2.45, 2.75) is 26.4 Å². The lowest BCUT2D eigenvalue weighted by atomic mass is 10.1. The maximum absolute atomic E-state index is 13.3. The van der Waals surface area contributed by atoms with E-state index in [0.717, 1.165) is 11.8 Å². The van der Waals surface area contributed by atoms with Crippen LogP contribution in [0.1, 0.15) is 20.3 Å². The molecule has 1 atom stereocenters. The highest BCUT2D eigenvalue weighted by Crippen LogP contribution is 2.27. The summed E-state index contributed by atoms with van der Waals surface area (Å²) in [6.45, 7) is 4.01. The molecule has 1 aromatic heterocycles. The van der Waals surface area contributed by atoms with E-state index in [0.29, 0.717) is 16.7 Å². The van der Waals surface area contributed by atoms with Gasteiger partial charge in [-0.15, -0.1) is 0 Å². The number of hydrogen-bond acceptors (Lipinski definition) is 3. The summed E-state index contributed by atoms with van der Waals surface area (Å²) in [5, 5.41) is 1.69. The zero-order valence-corrected chi connectivity index (χ0v) is 11.9. The lowest BCUT2D eigenvalue weighted by molar-refractivity contribution is 0.217. The van der Waals surface area contributed by atoms with Crippen LogP contribution in [0.5, 0.6) is 5.75 Å². The van der Waals surface area contributed by atoms with E-state index < -0.39 is 11.4 Å². The summed E-state index contributed by atoms with van der Waals surface area (Å²) in [5.41, 5.74) is -0.0994. The number of ether oxygens (including phenoxy) is 1. The minimum absolute atomic E-state index is 0.0868. The van der Waals surface area contributed by atoms with E-state index in [9.17, 15) is 9.18 Å². The standard InChI is InChI=1S/C17H15FO3/c1-3-10(2)20-12-5-7-14-13-6-4-11(18)8-15(13)17(19)21-16(14)9-12/h4-10H,3H2,1-2H3. The molecule has 0 N–H and O–H groups in total. The van der Waals surface area contributed by atoms with Crippen molar-refractivity contribution < 1.29 is 13.5 Å².